The van der Waals surface area contributed by atoms with Crippen LogP contribution in [0.15, 0.2) is 170 Å². The minimum atomic E-state index is -1.42. The molecule has 2 unspecified atom stereocenters. The standard InChI is InChI=1S/C42H34Cl2N4/c43-36-27-15-13-25-34(36)41-46-39(32-21-9-3-10-22-32)40(33-23-11-4-12-24-33)48(41)42(45,35-26-14-16-28-37(35)44)47-38(31-19-7-2-8-20-31)29-30-17-5-1-6-18-30/h1-28,38,47H,29,45H2. The molecule has 6 heteroatoms. The van der Waals surface area contributed by atoms with Crippen LogP contribution >= 0.6 is 23.2 Å². The van der Waals surface area contributed by atoms with Crippen LogP contribution in [-0.4, -0.2) is 9.55 Å². The zero-order valence-corrected chi connectivity index (χ0v) is 27.7. The number of hydrogen-bond donors (Lipinski definition) is 2. The van der Waals surface area contributed by atoms with E-state index in [1.807, 2.05) is 97.1 Å². The Labute approximate surface area is 291 Å². The molecule has 236 valence electrons. The summed E-state index contributed by atoms with van der Waals surface area (Å²) in [6.45, 7) is 0. The van der Waals surface area contributed by atoms with Gasteiger partial charge in [0.05, 0.1) is 16.4 Å². The van der Waals surface area contributed by atoms with Crippen LogP contribution in [0.2, 0.25) is 10.0 Å². The molecule has 2 atom stereocenters. The van der Waals surface area contributed by atoms with E-state index in [9.17, 15) is 0 Å². The fourth-order valence-corrected chi connectivity index (χ4v) is 6.83. The van der Waals surface area contributed by atoms with Gasteiger partial charge in [-0.25, -0.2) is 4.98 Å². The van der Waals surface area contributed by atoms with E-state index in [-0.39, 0.29) is 6.04 Å². The van der Waals surface area contributed by atoms with Gasteiger partial charge in [-0.15, -0.1) is 0 Å². The lowest BCUT2D eigenvalue weighted by Crippen LogP contribution is -2.58. The molecule has 0 amide bonds. The summed E-state index contributed by atoms with van der Waals surface area (Å²) in [5, 5.41) is 5.04. The fourth-order valence-electron chi connectivity index (χ4n) is 6.33. The van der Waals surface area contributed by atoms with Crippen molar-refractivity contribution in [2.75, 3.05) is 0 Å². The first-order valence-electron chi connectivity index (χ1n) is 15.9. The van der Waals surface area contributed by atoms with Crippen molar-refractivity contribution >= 4 is 23.2 Å². The van der Waals surface area contributed by atoms with Gasteiger partial charge in [0.15, 0.2) is 5.79 Å². The van der Waals surface area contributed by atoms with Crippen molar-refractivity contribution in [2.24, 2.45) is 5.73 Å². The molecule has 1 aromatic heterocycles. The van der Waals surface area contributed by atoms with Crippen molar-refractivity contribution in [3.8, 4) is 33.9 Å². The van der Waals surface area contributed by atoms with Gasteiger partial charge in [-0.05, 0) is 35.7 Å². The Hall–Kier alpha value is -4.97. The maximum Gasteiger partial charge on any atom is 0.178 e. The Morgan fingerprint density at radius 1 is 0.604 bits per heavy atom. The van der Waals surface area contributed by atoms with Gasteiger partial charge in [-0.1, -0.05) is 175 Å². The van der Waals surface area contributed by atoms with Gasteiger partial charge in [0, 0.05) is 33.3 Å². The van der Waals surface area contributed by atoms with E-state index >= 15 is 0 Å². The zero-order chi connectivity index (χ0) is 32.9. The van der Waals surface area contributed by atoms with E-state index in [0.29, 0.717) is 27.9 Å². The Morgan fingerprint density at radius 2 is 1.12 bits per heavy atom. The highest BCUT2D eigenvalue weighted by Gasteiger charge is 2.40. The first-order chi connectivity index (χ1) is 23.5. The third-order valence-corrected chi connectivity index (χ3v) is 9.26. The van der Waals surface area contributed by atoms with Crippen LogP contribution in [-0.2, 0) is 12.2 Å². The summed E-state index contributed by atoms with van der Waals surface area (Å²) in [6.07, 6.45) is 0.677. The van der Waals surface area contributed by atoms with Crippen molar-refractivity contribution < 1.29 is 0 Å². The van der Waals surface area contributed by atoms with Crippen molar-refractivity contribution in [1.29, 1.82) is 0 Å². The monoisotopic (exact) mass is 664 g/mol. The molecular weight excluding hydrogens is 631 g/mol. The molecule has 4 nitrogen and oxygen atoms in total. The molecule has 6 aromatic carbocycles. The van der Waals surface area contributed by atoms with E-state index in [1.165, 1.54) is 5.56 Å². The molecule has 0 fully saturated rings. The predicted octanol–water partition coefficient (Wildman–Crippen LogP) is 10.4. The summed E-state index contributed by atoms with van der Waals surface area (Å²) in [4.78, 5) is 5.39. The highest BCUT2D eigenvalue weighted by molar-refractivity contribution is 6.33. The van der Waals surface area contributed by atoms with Crippen LogP contribution in [0.5, 0.6) is 0 Å². The van der Waals surface area contributed by atoms with Crippen LogP contribution < -0.4 is 11.1 Å². The largest absolute Gasteiger partial charge is 0.292 e. The molecule has 7 rings (SSSR count). The summed E-state index contributed by atoms with van der Waals surface area (Å²) in [6, 6.07) is 56.5. The average molecular weight is 666 g/mol. The molecule has 0 aliphatic carbocycles. The minimum absolute atomic E-state index is 0.222. The lowest BCUT2D eigenvalue weighted by atomic mass is 9.96. The molecule has 0 radical (unpaired) electrons. The van der Waals surface area contributed by atoms with Crippen LogP contribution in [0.4, 0.5) is 0 Å². The van der Waals surface area contributed by atoms with Gasteiger partial charge in [0.1, 0.15) is 5.82 Å². The molecule has 1 heterocycles. The third kappa shape index (κ3) is 6.32. The Balaban J connectivity index is 1.57. The lowest BCUT2D eigenvalue weighted by molar-refractivity contribution is 0.252. The molecule has 0 bridgehead atoms. The Kier molecular flexibility index (Phi) is 9.24. The highest BCUT2D eigenvalue weighted by atomic mass is 35.5. The smallest absolute Gasteiger partial charge is 0.178 e. The molecule has 0 aliphatic rings. The minimum Gasteiger partial charge on any atom is -0.292 e. The van der Waals surface area contributed by atoms with E-state index in [2.05, 4.69) is 82.7 Å². The second-order valence-corrected chi connectivity index (χ2v) is 12.5. The number of halogens is 2. The fraction of sp³-hybridized carbons (Fsp3) is 0.0714. The molecule has 0 saturated heterocycles. The van der Waals surface area contributed by atoms with E-state index in [1.54, 1.807) is 0 Å². The van der Waals surface area contributed by atoms with Crippen LogP contribution in [0.1, 0.15) is 22.7 Å². The number of nitrogens with zero attached hydrogens (tertiary/aromatic N) is 2. The molecule has 0 aliphatic heterocycles. The van der Waals surface area contributed by atoms with Gasteiger partial charge < -0.3 is 0 Å². The molecule has 0 saturated carbocycles. The van der Waals surface area contributed by atoms with E-state index < -0.39 is 5.79 Å². The van der Waals surface area contributed by atoms with Gasteiger partial charge in [-0.3, -0.25) is 15.6 Å². The topological polar surface area (TPSA) is 55.9 Å². The van der Waals surface area contributed by atoms with Crippen molar-refractivity contribution in [3.63, 3.8) is 0 Å². The summed E-state index contributed by atoms with van der Waals surface area (Å²) in [5.74, 6) is -0.812. The quantitative estimate of drug-likeness (QED) is 0.143. The predicted molar refractivity (Wildman–Crippen MR) is 199 cm³/mol. The summed E-state index contributed by atoms with van der Waals surface area (Å²) < 4.78 is 2.09. The number of hydrogen-bond acceptors (Lipinski definition) is 3. The first-order valence-corrected chi connectivity index (χ1v) is 16.7. The van der Waals surface area contributed by atoms with Gasteiger partial charge in [0.25, 0.3) is 0 Å². The lowest BCUT2D eigenvalue weighted by Gasteiger charge is -2.39. The van der Waals surface area contributed by atoms with Crippen molar-refractivity contribution in [1.82, 2.24) is 14.9 Å². The average Bonchev–Trinajstić information content (AvgIpc) is 3.55. The Morgan fingerprint density at radius 3 is 1.75 bits per heavy atom. The maximum atomic E-state index is 7.94. The number of imidazole rings is 1. The molecule has 7 aromatic rings. The van der Waals surface area contributed by atoms with Crippen LogP contribution in [0.25, 0.3) is 33.9 Å². The summed E-state index contributed by atoms with van der Waals surface area (Å²) in [7, 11) is 0. The number of nitrogens with one attached hydrogen (secondary N) is 1. The van der Waals surface area contributed by atoms with E-state index in [4.69, 9.17) is 33.9 Å². The molecule has 0 spiro atoms. The second kappa shape index (κ2) is 14.0. The highest BCUT2D eigenvalue weighted by Crippen LogP contribution is 2.43. The summed E-state index contributed by atoms with van der Waals surface area (Å²) >= 11 is 14.1. The van der Waals surface area contributed by atoms with E-state index in [0.717, 1.165) is 33.6 Å². The SMILES string of the molecule is NC(NC(Cc1ccccc1)c1ccccc1)(c1ccccc1Cl)n1c(-c2ccccc2Cl)nc(-c2ccccc2)c1-c1ccccc1. The number of aromatic nitrogens is 2. The summed E-state index contributed by atoms with van der Waals surface area (Å²) in [5.41, 5.74) is 15.2. The first kappa shape index (κ1) is 31.6. The number of rotatable bonds is 10. The second-order valence-electron chi connectivity index (χ2n) is 11.7. The molecular formula is C42H34Cl2N4. The zero-order valence-electron chi connectivity index (χ0n) is 26.2. The molecule has 3 N–H and O–H groups in total. The third-order valence-electron chi connectivity index (χ3n) is 8.60. The number of benzene rings is 6. The van der Waals surface area contributed by atoms with Crippen LogP contribution in [0.3, 0.4) is 0 Å². The van der Waals surface area contributed by atoms with Gasteiger partial charge in [0.2, 0.25) is 0 Å². The van der Waals surface area contributed by atoms with Gasteiger partial charge in [-0.2, -0.15) is 0 Å². The van der Waals surface area contributed by atoms with Gasteiger partial charge >= 0.3 is 0 Å². The molecule has 48 heavy (non-hydrogen) atoms. The van der Waals surface area contributed by atoms with Crippen LogP contribution in [0, 0.1) is 0 Å². The Bertz CT molecular complexity index is 2120. The number of nitrogens with two attached hydrogens (primary N) is 1. The normalized spacial score (nSPS) is 13.1. The van der Waals surface area contributed by atoms with Crippen molar-refractivity contribution in [2.45, 2.75) is 18.2 Å². The van der Waals surface area contributed by atoms with Crippen molar-refractivity contribution in [3.05, 3.63) is 197 Å². The maximum absolute atomic E-state index is 7.94.